The van der Waals surface area contributed by atoms with Crippen molar-refractivity contribution < 1.29 is 0 Å². The minimum atomic E-state index is 0.879. The molecule has 62 valence electrons. The Morgan fingerprint density at radius 3 is 3.25 bits per heavy atom. The van der Waals surface area contributed by atoms with Crippen LogP contribution < -0.4 is 0 Å². The van der Waals surface area contributed by atoms with Gasteiger partial charge in [0.15, 0.2) is 0 Å². The van der Waals surface area contributed by atoms with Gasteiger partial charge in [-0.3, -0.25) is 9.98 Å². The number of hydrogen-bond acceptors (Lipinski definition) is 2. The second-order valence-electron chi connectivity index (χ2n) is 2.92. The summed E-state index contributed by atoms with van der Waals surface area (Å²) in [6.45, 7) is 2.95. The normalized spacial score (nSPS) is 18.2. The van der Waals surface area contributed by atoms with Crippen LogP contribution in [0.4, 0.5) is 0 Å². The predicted octanol–water partition coefficient (Wildman–Crippen LogP) is 1.84. The molecule has 2 heteroatoms. The van der Waals surface area contributed by atoms with Crippen LogP contribution in [0, 0.1) is 0 Å². The van der Waals surface area contributed by atoms with Gasteiger partial charge < -0.3 is 0 Å². The minimum Gasteiger partial charge on any atom is -0.289 e. The van der Waals surface area contributed by atoms with Crippen LogP contribution in [-0.4, -0.2) is 17.2 Å². The zero-order valence-corrected chi connectivity index (χ0v) is 7.25. The zero-order chi connectivity index (χ0) is 8.39. The summed E-state index contributed by atoms with van der Waals surface area (Å²) in [6, 6.07) is 4.10. The van der Waals surface area contributed by atoms with Crippen molar-refractivity contribution in [1.82, 2.24) is 4.98 Å². The van der Waals surface area contributed by atoms with E-state index in [1.807, 2.05) is 12.3 Å². The lowest BCUT2D eigenvalue weighted by Crippen LogP contribution is -1.95. The van der Waals surface area contributed by atoms with Crippen molar-refractivity contribution in [3.8, 4) is 0 Å². The highest BCUT2D eigenvalue weighted by atomic mass is 14.8. The van der Waals surface area contributed by atoms with Crippen LogP contribution in [0.15, 0.2) is 23.3 Å². The maximum atomic E-state index is 4.44. The SMILES string of the molecule is CCN=C1CCc2ncccc21. The van der Waals surface area contributed by atoms with Gasteiger partial charge in [0.05, 0.1) is 0 Å². The molecule has 0 N–H and O–H groups in total. The van der Waals surface area contributed by atoms with Crippen LogP contribution in [0.2, 0.25) is 0 Å². The van der Waals surface area contributed by atoms with Crippen LogP contribution in [0.25, 0.3) is 0 Å². The first-order valence-corrected chi connectivity index (χ1v) is 4.39. The lowest BCUT2D eigenvalue weighted by atomic mass is 10.2. The van der Waals surface area contributed by atoms with Crippen molar-refractivity contribution >= 4 is 5.71 Å². The quantitative estimate of drug-likeness (QED) is 0.615. The van der Waals surface area contributed by atoms with E-state index in [0.717, 1.165) is 19.4 Å². The van der Waals surface area contributed by atoms with Crippen LogP contribution in [0.3, 0.4) is 0 Å². The third-order valence-corrected chi connectivity index (χ3v) is 2.15. The number of nitrogens with zero attached hydrogens (tertiary/aromatic N) is 2. The highest BCUT2D eigenvalue weighted by molar-refractivity contribution is 6.03. The van der Waals surface area contributed by atoms with Gasteiger partial charge in [-0.15, -0.1) is 0 Å². The highest BCUT2D eigenvalue weighted by Crippen LogP contribution is 2.19. The fourth-order valence-electron chi connectivity index (χ4n) is 1.63. The average molecular weight is 160 g/mol. The van der Waals surface area contributed by atoms with Gasteiger partial charge in [-0.1, -0.05) is 0 Å². The molecule has 0 amide bonds. The van der Waals surface area contributed by atoms with Gasteiger partial charge in [-0.25, -0.2) is 0 Å². The fourth-order valence-corrected chi connectivity index (χ4v) is 1.63. The highest BCUT2D eigenvalue weighted by Gasteiger charge is 2.16. The van der Waals surface area contributed by atoms with Gasteiger partial charge >= 0.3 is 0 Å². The van der Waals surface area contributed by atoms with Crippen molar-refractivity contribution in [3.63, 3.8) is 0 Å². The molecule has 0 bridgehead atoms. The molecule has 0 spiro atoms. The third kappa shape index (κ3) is 1.13. The summed E-state index contributed by atoms with van der Waals surface area (Å²) in [7, 11) is 0. The zero-order valence-electron chi connectivity index (χ0n) is 7.25. The van der Waals surface area contributed by atoms with E-state index in [2.05, 4.69) is 23.0 Å². The molecule has 0 unspecified atom stereocenters. The van der Waals surface area contributed by atoms with E-state index in [4.69, 9.17) is 0 Å². The van der Waals surface area contributed by atoms with Crippen LogP contribution in [-0.2, 0) is 6.42 Å². The summed E-state index contributed by atoms with van der Waals surface area (Å²) in [4.78, 5) is 8.75. The van der Waals surface area contributed by atoms with Gasteiger partial charge in [0.2, 0.25) is 0 Å². The summed E-state index contributed by atoms with van der Waals surface area (Å²) in [6.07, 6.45) is 3.99. The monoisotopic (exact) mass is 160 g/mol. The first-order chi connectivity index (χ1) is 5.92. The Kier molecular flexibility index (Phi) is 1.90. The van der Waals surface area contributed by atoms with Crippen LogP contribution in [0.1, 0.15) is 24.6 Å². The topological polar surface area (TPSA) is 25.2 Å². The molecule has 1 aliphatic carbocycles. The molecule has 2 nitrogen and oxygen atoms in total. The van der Waals surface area contributed by atoms with E-state index in [1.54, 1.807) is 0 Å². The summed E-state index contributed by atoms with van der Waals surface area (Å²) in [5.41, 5.74) is 3.71. The number of rotatable bonds is 1. The lowest BCUT2D eigenvalue weighted by molar-refractivity contribution is 1.01. The Morgan fingerprint density at radius 2 is 2.42 bits per heavy atom. The number of aryl methyl sites for hydroxylation is 1. The van der Waals surface area contributed by atoms with E-state index >= 15 is 0 Å². The molecule has 1 aliphatic rings. The van der Waals surface area contributed by atoms with E-state index < -0.39 is 0 Å². The van der Waals surface area contributed by atoms with E-state index in [9.17, 15) is 0 Å². The summed E-state index contributed by atoms with van der Waals surface area (Å²) in [5.74, 6) is 0. The first-order valence-electron chi connectivity index (χ1n) is 4.39. The third-order valence-electron chi connectivity index (χ3n) is 2.15. The van der Waals surface area contributed by atoms with Gasteiger partial charge in [0.25, 0.3) is 0 Å². The molecule has 0 atom stereocenters. The molecule has 2 rings (SSSR count). The Labute approximate surface area is 72.4 Å². The maximum Gasteiger partial charge on any atom is 0.0497 e. The van der Waals surface area contributed by atoms with Crippen LogP contribution >= 0.6 is 0 Å². The molecule has 0 saturated carbocycles. The van der Waals surface area contributed by atoms with Gasteiger partial charge in [-0.05, 0) is 31.9 Å². The molecule has 12 heavy (non-hydrogen) atoms. The smallest absolute Gasteiger partial charge is 0.0497 e. The standard InChI is InChI=1S/C10H12N2/c1-2-11-9-5-6-10-8(9)4-3-7-12-10/h3-4,7H,2,5-6H2,1H3. The minimum absolute atomic E-state index is 0.879. The first kappa shape index (κ1) is 7.47. The molecule has 0 radical (unpaired) electrons. The van der Waals surface area contributed by atoms with E-state index in [1.165, 1.54) is 17.0 Å². The molecule has 0 aromatic carbocycles. The Morgan fingerprint density at radius 1 is 1.50 bits per heavy atom. The van der Waals surface area contributed by atoms with Crippen molar-refractivity contribution in [2.24, 2.45) is 4.99 Å². The number of pyridine rings is 1. The lowest BCUT2D eigenvalue weighted by Gasteiger charge is -1.96. The molecule has 1 aromatic rings. The maximum absolute atomic E-state index is 4.44. The average Bonchev–Trinajstić information content (AvgIpc) is 2.50. The molecular weight excluding hydrogens is 148 g/mol. The second-order valence-corrected chi connectivity index (χ2v) is 2.92. The summed E-state index contributed by atoms with van der Waals surface area (Å²) >= 11 is 0. The predicted molar refractivity (Wildman–Crippen MR) is 49.6 cm³/mol. The second kappa shape index (κ2) is 3.05. The number of fused-ring (bicyclic) bond motifs is 1. The summed E-state index contributed by atoms with van der Waals surface area (Å²) in [5, 5.41) is 0. The molecule has 0 aliphatic heterocycles. The molecule has 0 saturated heterocycles. The fraction of sp³-hybridized carbons (Fsp3) is 0.400. The van der Waals surface area contributed by atoms with E-state index in [0.29, 0.717) is 0 Å². The Bertz CT molecular complexity index is 315. The van der Waals surface area contributed by atoms with Crippen LogP contribution in [0.5, 0.6) is 0 Å². The molecular formula is C10H12N2. The Hall–Kier alpha value is -1.18. The number of aromatic nitrogens is 1. The van der Waals surface area contributed by atoms with Crippen molar-refractivity contribution in [3.05, 3.63) is 29.6 Å². The van der Waals surface area contributed by atoms with Gasteiger partial charge in [0.1, 0.15) is 0 Å². The van der Waals surface area contributed by atoms with Crippen molar-refractivity contribution in [1.29, 1.82) is 0 Å². The van der Waals surface area contributed by atoms with Crippen molar-refractivity contribution in [2.75, 3.05) is 6.54 Å². The molecule has 0 fully saturated rings. The van der Waals surface area contributed by atoms with Crippen molar-refractivity contribution in [2.45, 2.75) is 19.8 Å². The Balaban J connectivity index is 2.43. The van der Waals surface area contributed by atoms with E-state index in [-0.39, 0.29) is 0 Å². The number of aliphatic imine (C=N–C) groups is 1. The molecule has 1 aromatic heterocycles. The largest absolute Gasteiger partial charge is 0.289 e. The van der Waals surface area contributed by atoms with Gasteiger partial charge in [-0.2, -0.15) is 0 Å². The van der Waals surface area contributed by atoms with Gasteiger partial charge in [0, 0.05) is 29.7 Å². The molecule has 1 heterocycles. The summed E-state index contributed by atoms with van der Waals surface area (Å²) < 4.78 is 0. The number of hydrogen-bond donors (Lipinski definition) is 0.